The van der Waals surface area contributed by atoms with Crippen molar-refractivity contribution in [3.63, 3.8) is 0 Å². The molecule has 0 aliphatic carbocycles. The summed E-state index contributed by atoms with van der Waals surface area (Å²) in [5.74, 6) is 0.687. The largest absolute Gasteiger partial charge is 0.309 e. The monoisotopic (exact) mass is 1280 g/mol. The molecule has 468 valence electrons. The molecule has 0 saturated heterocycles. The van der Waals surface area contributed by atoms with Gasteiger partial charge in [0.05, 0.1) is 67.8 Å². The van der Waals surface area contributed by atoms with E-state index in [1.165, 1.54) is 60.3 Å². The van der Waals surface area contributed by atoms with E-state index < -0.39 is 0 Å². The Hall–Kier alpha value is -13.6. The van der Waals surface area contributed by atoms with Gasteiger partial charge in [-0.15, -0.1) is 0 Å². The quantitative estimate of drug-likeness (QED) is 0.136. The standard InChI is InChI=1S/C46H30N4.C45H29N5/c1-4-14-31(15-5-1)40-29-35(30-41(48-40)32-16-6-2-7-17-32)50-43-26-25-33(28-39(43)37-22-13-27-47-46(37)50)36-21-12-24-44-45(36)38-20-10-11-23-42(38)49(44)34-18-8-3-9-19-34;1-4-14-30(15-5-1)43-41(29-47-44(48-43)31-16-6-2-7-17-31)50-39-26-25-32(28-37(39)35-22-13-27-46-45(35)50)34-21-12-24-40-42(34)36-20-10-11-23-38(36)49(40)33-18-8-3-9-19-33/h1-30H;1-29H. The van der Waals surface area contributed by atoms with Crippen LogP contribution in [-0.2, 0) is 0 Å². The molecule has 9 heteroatoms. The van der Waals surface area contributed by atoms with Crippen molar-refractivity contribution in [2.75, 3.05) is 0 Å². The molecule has 0 N–H and O–H groups in total. The number of fused-ring (bicyclic) bond motifs is 12. The Balaban J connectivity index is 0.000000139. The molecule has 0 radical (unpaired) electrons. The van der Waals surface area contributed by atoms with Gasteiger partial charge in [0.25, 0.3) is 0 Å². The lowest BCUT2D eigenvalue weighted by molar-refractivity contribution is 1.07. The second-order valence-electron chi connectivity index (χ2n) is 25.1. The van der Waals surface area contributed by atoms with E-state index in [1.807, 2.05) is 79.3 Å². The number of benzene rings is 12. The molecular weight excluding hydrogens is 1220 g/mol. The van der Waals surface area contributed by atoms with Crippen LogP contribution in [0.2, 0.25) is 0 Å². The first-order chi connectivity index (χ1) is 49.6. The smallest absolute Gasteiger partial charge is 0.159 e. The van der Waals surface area contributed by atoms with Crippen molar-refractivity contribution in [2.24, 2.45) is 0 Å². The van der Waals surface area contributed by atoms with E-state index in [1.54, 1.807) is 0 Å². The molecule has 0 saturated carbocycles. The molecule has 20 aromatic rings. The SMILES string of the molecule is c1ccc(-c2cc(-n3c4ccc(-c5cccc6c5c5ccccc5n6-c5ccccc5)cc4c4cccnc43)cc(-c3ccccc3)n2)cc1.c1ccc(-c2ncc(-n3c4ccc(-c5cccc6c5c5ccccc5n6-c5ccccc5)cc4c4cccnc43)c(-c3ccccc3)n2)cc1. The Labute approximate surface area is 575 Å². The lowest BCUT2D eigenvalue weighted by Gasteiger charge is -2.14. The Kier molecular flexibility index (Phi) is 14.0. The molecule has 9 nitrogen and oxygen atoms in total. The summed E-state index contributed by atoms with van der Waals surface area (Å²) in [5, 5.41) is 9.44. The zero-order valence-electron chi connectivity index (χ0n) is 54.1. The van der Waals surface area contributed by atoms with E-state index in [0.717, 1.165) is 112 Å². The van der Waals surface area contributed by atoms with Crippen LogP contribution < -0.4 is 0 Å². The van der Waals surface area contributed by atoms with E-state index in [4.69, 9.17) is 24.9 Å². The topological polar surface area (TPSA) is 84.2 Å². The fourth-order valence-electron chi connectivity index (χ4n) is 15.0. The van der Waals surface area contributed by atoms with Gasteiger partial charge in [-0.3, -0.25) is 9.13 Å². The Morgan fingerprint density at radius 2 is 0.630 bits per heavy atom. The van der Waals surface area contributed by atoms with Gasteiger partial charge in [-0.2, -0.15) is 0 Å². The maximum absolute atomic E-state index is 5.18. The van der Waals surface area contributed by atoms with Gasteiger partial charge in [-0.25, -0.2) is 24.9 Å². The van der Waals surface area contributed by atoms with Crippen LogP contribution >= 0.6 is 0 Å². The zero-order chi connectivity index (χ0) is 66.0. The van der Waals surface area contributed by atoms with Gasteiger partial charge in [0.1, 0.15) is 11.3 Å². The molecule has 8 heterocycles. The second-order valence-corrected chi connectivity index (χ2v) is 25.1. The van der Waals surface area contributed by atoms with Crippen molar-refractivity contribution in [1.29, 1.82) is 0 Å². The van der Waals surface area contributed by atoms with Gasteiger partial charge in [0.2, 0.25) is 0 Å². The van der Waals surface area contributed by atoms with Crippen molar-refractivity contribution in [1.82, 2.24) is 43.2 Å². The first-order valence-electron chi connectivity index (χ1n) is 33.7. The molecule has 20 rings (SSSR count). The number of pyridine rings is 3. The van der Waals surface area contributed by atoms with Crippen LogP contribution in [0.5, 0.6) is 0 Å². The third-order valence-corrected chi connectivity index (χ3v) is 19.4. The van der Waals surface area contributed by atoms with Gasteiger partial charge >= 0.3 is 0 Å². The number of aromatic nitrogens is 9. The maximum Gasteiger partial charge on any atom is 0.159 e. The first-order valence-corrected chi connectivity index (χ1v) is 33.7. The Bertz CT molecular complexity index is 6440. The molecule has 0 fully saturated rings. The summed E-state index contributed by atoms with van der Waals surface area (Å²) >= 11 is 0. The fraction of sp³-hybridized carbons (Fsp3) is 0. The molecule has 0 aliphatic rings. The summed E-state index contributed by atoms with van der Waals surface area (Å²) in [4.78, 5) is 25.1. The van der Waals surface area contributed by atoms with Crippen molar-refractivity contribution < 1.29 is 0 Å². The average molecular weight is 1280 g/mol. The summed E-state index contributed by atoms with van der Waals surface area (Å²) in [6, 6.07) is 120. The Morgan fingerprint density at radius 3 is 1.13 bits per heavy atom. The van der Waals surface area contributed by atoms with Crippen LogP contribution in [-0.4, -0.2) is 43.2 Å². The highest BCUT2D eigenvalue weighted by Crippen LogP contribution is 2.45. The predicted octanol–water partition coefficient (Wildman–Crippen LogP) is 22.7. The number of nitrogens with zero attached hydrogens (tertiary/aromatic N) is 9. The molecule has 0 unspecified atom stereocenters. The molecule has 0 bridgehead atoms. The van der Waals surface area contributed by atoms with Crippen molar-refractivity contribution in [2.45, 2.75) is 0 Å². The highest BCUT2D eigenvalue weighted by molar-refractivity contribution is 6.19. The van der Waals surface area contributed by atoms with E-state index in [2.05, 4.69) is 297 Å². The first kappa shape index (κ1) is 57.8. The van der Waals surface area contributed by atoms with Crippen molar-refractivity contribution >= 4 is 87.5 Å². The van der Waals surface area contributed by atoms with Crippen LogP contribution in [0.25, 0.3) is 178 Å². The van der Waals surface area contributed by atoms with Gasteiger partial charge in [-0.05, 0) is 131 Å². The minimum absolute atomic E-state index is 0.687. The van der Waals surface area contributed by atoms with Crippen LogP contribution in [0, 0.1) is 0 Å². The van der Waals surface area contributed by atoms with Crippen LogP contribution in [0.15, 0.2) is 358 Å². The summed E-state index contributed by atoms with van der Waals surface area (Å²) in [7, 11) is 0. The maximum atomic E-state index is 5.18. The van der Waals surface area contributed by atoms with E-state index in [9.17, 15) is 0 Å². The van der Waals surface area contributed by atoms with E-state index in [0.29, 0.717) is 5.82 Å². The van der Waals surface area contributed by atoms with Crippen LogP contribution in [0.1, 0.15) is 0 Å². The highest BCUT2D eigenvalue weighted by atomic mass is 15.1. The second kappa shape index (κ2) is 24.2. The number of para-hydroxylation sites is 4. The average Bonchev–Trinajstić information content (AvgIpc) is 1.58. The molecule has 0 atom stereocenters. The normalized spacial score (nSPS) is 11.6. The number of hydrogen-bond donors (Lipinski definition) is 0. The molecule has 0 amide bonds. The van der Waals surface area contributed by atoms with Crippen LogP contribution in [0.4, 0.5) is 0 Å². The molecule has 0 aliphatic heterocycles. The molecule has 12 aromatic carbocycles. The third kappa shape index (κ3) is 9.74. The van der Waals surface area contributed by atoms with Gasteiger partial charge in [0.15, 0.2) is 5.82 Å². The number of rotatable bonds is 10. The summed E-state index contributed by atoms with van der Waals surface area (Å²) in [6.45, 7) is 0. The zero-order valence-corrected chi connectivity index (χ0v) is 54.1. The predicted molar refractivity (Wildman–Crippen MR) is 412 cm³/mol. The minimum atomic E-state index is 0.687. The molecule has 0 spiro atoms. The lowest BCUT2D eigenvalue weighted by Crippen LogP contribution is -2.03. The van der Waals surface area contributed by atoms with E-state index >= 15 is 0 Å². The highest BCUT2D eigenvalue weighted by Gasteiger charge is 2.24. The Morgan fingerprint density at radius 1 is 0.230 bits per heavy atom. The summed E-state index contributed by atoms with van der Waals surface area (Å²) < 4.78 is 9.25. The van der Waals surface area contributed by atoms with E-state index in [-0.39, 0.29) is 0 Å². The fourth-order valence-corrected chi connectivity index (χ4v) is 15.0. The molecule has 100 heavy (non-hydrogen) atoms. The molecule has 8 aromatic heterocycles. The van der Waals surface area contributed by atoms with Gasteiger partial charge in [-0.1, -0.05) is 231 Å². The minimum Gasteiger partial charge on any atom is -0.309 e. The van der Waals surface area contributed by atoms with Gasteiger partial charge < -0.3 is 9.13 Å². The summed E-state index contributed by atoms with van der Waals surface area (Å²) in [5.41, 5.74) is 24.5. The van der Waals surface area contributed by atoms with Crippen molar-refractivity contribution in [3.8, 4) is 90.2 Å². The van der Waals surface area contributed by atoms with Crippen molar-refractivity contribution in [3.05, 3.63) is 358 Å². The van der Waals surface area contributed by atoms with Gasteiger partial charge in [0, 0.05) is 89.1 Å². The summed E-state index contributed by atoms with van der Waals surface area (Å²) in [6.07, 6.45) is 5.69. The third-order valence-electron chi connectivity index (χ3n) is 19.4. The number of hydrogen-bond acceptors (Lipinski definition) is 5. The van der Waals surface area contributed by atoms with Crippen LogP contribution in [0.3, 0.4) is 0 Å². The lowest BCUT2D eigenvalue weighted by atomic mass is 9.98. The molecular formula is C91H59N9.